The second kappa shape index (κ2) is 10.6. The van der Waals surface area contributed by atoms with Crippen molar-refractivity contribution in [3.8, 4) is 77.9 Å². The first-order chi connectivity index (χ1) is 25.2. The Kier molecular flexibility index (Phi) is 5.96. The maximum absolute atomic E-state index is 2.46. The molecular weight excluding hydrogens is 613 g/mol. The standard InChI is InChI=1S/C51H34/c1-30(2)35-27-34-17-11-20-39-37-24-23-33(28-44(37)45(29-35)46(34)39)36-25-26-43-49-38(36)21-12-22-42(49)50-47(31-13-5-3-6-14-31)40-18-9-10-19-41(40)48(51(43)50)32-15-7-4-8-16-32/h3-30H,1-2H3. The lowest BCUT2D eigenvalue weighted by Gasteiger charge is -2.20. The van der Waals surface area contributed by atoms with Crippen molar-refractivity contribution in [3.05, 3.63) is 169 Å². The molecule has 9 aromatic carbocycles. The summed E-state index contributed by atoms with van der Waals surface area (Å²) in [7, 11) is 0. The van der Waals surface area contributed by atoms with Crippen LogP contribution < -0.4 is 0 Å². The van der Waals surface area contributed by atoms with Gasteiger partial charge in [-0.3, -0.25) is 0 Å². The third-order valence-electron chi connectivity index (χ3n) is 11.5. The van der Waals surface area contributed by atoms with E-state index in [4.69, 9.17) is 0 Å². The van der Waals surface area contributed by atoms with Gasteiger partial charge in [0.05, 0.1) is 0 Å². The topological polar surface area (TPSA) is 0 Å². The molecule has 0 nitrogen and oxygen atoms in total. The normalized spacial score (nSPS) is 12.3. The van der Waals surface area contributed by atoms with E-state index >= 15 is 0 Å². The van der Waals surface area contributed by atoms with Gasteiger partial charge < -0.3 is 0 Å². The van der Waals surface area contributed by atoms with Gasteiger partial charge in [-0.2, -0.15) is 0 Å². The minimum absolute atomic E-state index is 0.470. The number of rotatable bonds is 4. The van der Waals surface area contributed by atoms with E-state index in [1.165, 1.54) is 116 Å². The molecule has 0 fully saturated rings. The van der Waals surface area contributed by atoms with Crippen molar-refractivity contribution in [3.63, 3.8) is 0 Å². The van der Waals surface area contributed by atoms with Gasteiger partial charge in [0.25, 0.3) is 0 Å². The minimum Gasteiger partial charge on any atom is -0.0622 e. The molecule has 0 spiro atoms. The largest absolute Gasteiger partial charge is 0.0622 e. The van der Waals surface area contributed by atoms with Crippen molar-refractivity contribution in [2.24, 2.45) is 0 Å². The van der Waals surface area contributed by atoms with E-state index in [-0.39, 0.29) is 0 Å². The quantitative estimate of drug-likeness (QED) is 0.178. The fourth-order valence-electron chi connectivity index (χ4n) is 9.25. The molecule has 11 rings (SSSR count). The zero-order chi connectivity index (χ0) is 33.8. The van der Waals surface area contributed by atoms with Crippen molar-refractivity contribution in [1.82, 2.24) is 0 Å². The van der Waals surface area contributed by atoms with Gasteiger partial charge in [-0.25, -0.2) is 0 Å². The lowest BCUT2D eigenvalue weighted by atomic mass is 9.82. The molecule has 0 aliphatic heterocycles. The predicted octanol–water partition coefficient (Wildman–Crippen LogP) is 14.6. The van der Waals surface area contributed by atoms with Gasteiger partial charge in [-0.15, -0.1) is 0 Å². The fraction of sp³-hybridized carbons (Fsp3) is 0.0588. The maximum atomic E-state index is 2.46. The Balaban J connectivity index is 1.20. The summed E-state index contributed by atoms with van der Waals surface area (Å²) < 4.78 is 0. The Morgan fingerprint density at radius 3 is 1.57 bits per heavy atom. The van der Waals surface area contributed by atoms with Crippen LogP contribution in [0.15, 0.2) is 164 Å². The lowest BCUT2D eigenvalue weighted by molar-refractivity contribution is 0.869. The first-order valence-electron chi connectivity index (χ1n) is 18.1. The summed E-state index contributed by atoms with van der Waals surface area (Å²) in [5, 5.41) is 7.96. The van der Waals surface area contributed by atoms with Crippen LogP contribution in [-0.2, 0) is 0 Å². The van der Waals surface area contributed by atoms with Gasteiger partial charge in [-0.05, 0) is 128 Å². The molecule has 51 heavy (non-hydrogen) atoms. The molecule has 0 saturated heterocycles. The number of hydrogen-bond acceptors (Lipinski definition) is 0. The van der Waals surface area contributed by atoms with E-state index in [0.717, 1.165) is 0 Å². The van der Waals surface area contributed by atoms with Crippen molar-refractivity contribution >= 4 is 32.3 Å². The van der Waals surface area contributed by atoms with Crippen molar-refractivity contribution in [1.29, 1.82) is 0 Å². The fourth-order valence-corrected chi connectivity index (χ4v) is 9.25. The van der Waals surface area contributed by atoms with Crippen molar-refractivity contribution in [2.75, 3.05) is 0 Å². The van der Waals surface area contributed by atoms with E-state index in [1.54, 1.807) is 0 Å². The molecule has 0 radical (unpaired) electrons. The van der Waals surface area contributed by atoms with Gasteiger partial charge in [0, 0.05) is 0 Å². The molecule has 0 unspecified atom stereocenters. The maximum Gasteiger partial charge on any atom is -0.000741 e. The van der Waals surface area contributed by atoms with Crippen LogP contribution in [-0.4, -0.2) is 0 Å². The van der Waals surface area contributed by atoms with Gasteiger partial charge in [0.2, 0.25) is 0 Å². The van der Waals surface area contributed by atoms with E-state index in [1.807, 2.05) is 0 Å². The highest BCUT2D eigenvalue weighted by atomic mass is 14.3. The molecule has 0 saturated carbocycles. The Labute approximate surface area is 298 Å². The molecule has 0 N–H and O–H groups in total. The highest BCUT2D eigenvalue weighted by Crippen LogP contribution is 2.59. The Morgan fingerprint density at radius 2 is 0.882 bits per heavy atom. The van der Waals surface area contributed by atoms with Gasteiger partial charge >= 0.3 is 0 Å². The van der Waals surface area contributed by atoms with Crippen LogP contribution in [0.25, 0.3) is 110 Å². The van der Waals surface area contributed by atoms with Crippen LogP contribution in [0.1, 0.15) is 25.3 Å². The molecule has 9 aromatic rings. The summed E-state index contributed by atoms with van der Waals surface area (Å²) in [6.45, 7) is 4.59. The van der Waals surface area contributed by atoms with Crippen LogP contribution in [0.2, 0.25) is 0 Å². The summed E-state index contributed by atoms with van der Waals surface area (Å²) in [5.41, 5.74) is 19.8. The SMILES string of the molecule is CC(C)c1cc2c3c(cccc3c1)-c1ccc(-c3ccc4c5c(cccc35)-c3c-4c(-c4ccccc4)c4ccccc4c3-c3ccccc3)cc1-2. The average Bonchev–Trinajstić information content (AvgIpc) is 3.68. The summed E-state index contributed by atoms with van der Waals surface area (Å²) in [5.74, 6) is 0.470. The Bertz CT molecular complexity index is 2820. The number of fused-ring (bicyclic) bond motifs is 7. The first kappa shape index (κ1) is 28.6. The van der Waals surface area contributed by atoms with Crippen LogP contribution in [0.4, 0.5) is 0 Å². The third kappa shape index (κ3) is 3.96. The third-order valence-corrected chi connectivity index (χ3v) is 11.5. The van der Waals surface area contributed by atoms with Gasteiger partial charge in [0.15, 0.2) is 0 Å². The summed E-state index contributed by atoms with van der Waals surface area (Å²) in [6, 6.07) is 61.5. The Morgan fingerprint density at radius 1 is 0.314 bits per heavy atom. The van der Waals surface area contributed by atoms with Crippen LogP contribution in [0.5, 0.6) is 0 Å². The highest BCUT2D eigenvalue weighted by Gasteiger charge is 2.31. The van der Waals surface area contributed by atoms with E-state index < -0.39 is 0 Å². The highest BCUT2D eigenvalue weighted by molar-refractivity contribution is 6.29. The van der Waals surface area contributed by atoms with Crippen molar-refractivity contribution in [2.45, 2.75) is 19.8 Å². The second-order valence-electron chi connectivity index (χ2n) is 14.6. The zero-order valence-electron chi connectivity index (χ0n) is 28.7. The molecule has 0 heterocycles. The summed E-state index contributed by atoms with van der Waals surface area (Å²) in [6.07, 6.45) is 0. The molecule has 0 bridgehead atoms. The molecule has 0 heteroatoms. The molecular formula is C51H34. The molecule has 0 atom stereocenters. The monoisotopic (exact) mass is 646 g/mol. The van der Waals surface area contributed by atoms with Crippen LogP contribution in [0.3, 0.4) is 0 Å². The summed E-state index contributed by atoms with van der Waals surface area (Å²) >= 11 is 0. The van der Waals surface area contributed by atoms with E-state index in [9.17, 15) is 0 Å². The average molecular weight is 647 g/mol. The smallest absolute Gasteiger partial charge is 0.000741 e. The first-order valence-corrected chi connectivity index (χ1v) is 18.1. The lowest BCUT2D eigenvalue weighted by Crippen LogP contribution is -1.93. The van der Waals surface area contributed by atoms with Crippen LogP contribution in [0, 0.1) is 0 Å². The predicted molar refractivity (Wildman–Crippen MR) is 218 cm³/mol. The molecule has 2 aliphatic carbocycles. The number of hydrogen-bond donors (Lipinski definition) is 0. The van der Waals surface area contributed by atoms with Crippen LogP contribution >= 0.6 is 0 Å². The van der Waals surface area contributed by atoms with Gasteiger partial charge in [-0.1, -0.05) is 172 Å². The zero-order valence-corrected chi connectivity index (χ0v) is 28.7. The summed E-state index contributed by atoms with van der Waals surface area (Å²) in [4.78, 5) is 0. The van der Waals surface area contributed by atoms with Gasteiger partial charge in [0.1, 0.15) is 0 Å². The van der Waals surface area contributed by atoms with E-state index in [0.29, 0.717) is 5.92 Å². The molecule has 2 aliphatic rings. The second-order valence-corrected chi connectivity index (χ2v) is 14.6. The van der Waals surface area contributed by atoms with E-state index in [2.05, 4.69) is 178 Å². The molecule has 0 aromatic heterocycles. The molecule has 0 amide bonds. The minimum atomic E-state index is 0.470. The number of benzene rings is 9. The van der Waals surface area contributed by atoms with Crippen molar-refractivity contribution < 1.29 is 0 Å². The Hall–Kier alpha value is -6.24. The molecule has 238 valence electrons.